The van der Waals surface area contributed by atoms with Crippen LogP contribution >= 0.6 is 0 Å². The Morgan fingerprint density at radius 3 is 2.33 bits per heavy atom. The zero-order chi connectivity index (χ0) is 20.8. The normalized spacial score (nSPS) is 11.0. The van der Waals surface area contributed by atoms with Crippen molar-refractivity contribution in [1.82, 2.24) is 9.97 Å². The highest BCUT2D eigenvalue weighted by molar-refractivity contribution is 5.92. The molecule has 0 amide bonds. The van der Waals surface area contributed by atoms with Crippen molar-refractivity contribution in [3.63, 3.8) is 0 Å². The number of rotatable bonds is 8. The van der Waals surface area contributed by atoms with Crippen LogP contribution in [0.15, 0.2) is 79.1 Å². The SMILES string of the molecule is CC(C)CCNc1ncnc2ccc(-c3ccc(CNc4ccccc4)cc3)cc12. The van der Waals surface area contributed by atoms with Crippen LogP contribution in [-0.4, -0.2) is 16.5 Å². The van der Waals surface area contributed by atoms with Crippen LogP contribution in [0.25, 0.3) is 22.0 Å². The van der Waals surface area contributed by atoms with Gasteiger partial charge in [-0.3, -0.25) is 0 Å². The number of benzene rings is 3. The molecule has 0 aliphatic carbocycles. The van der Waals surface area contributed by atoms with Gasteiger partial charge in [-0.1, -0.05) is 62.4 Å². The van der Waals surface area contributed by atoms with Crippen LogP contribution in [-0.2, 0) is 6.54 Å². The lowest BCUT2D eigenvalue weighted by Crippen LogP contribution is -2.06. The third-order valence-electron chi connectivity index (χ3n) is 5.21. The lowest BCUT2D eigenvalue weighted by Gasteiger charge is -2.11. The number of nitrogens with one attached hydrogen (secondary N) is 2. The quantitative estimate of drug-likeness (QED) is 0.363. The second-order valence-corrected chi connectivity index (χ2v) is 7.98. The van der Waals surface area contributed by atoms with Crippen molar-refractivity contribution in [3.8, 4) is 11.1 Å². The Hall–Kier alpha value is -3.40. The van der Waals surface area contributed by atoms with E-state index in [2.05, 4.69) is 89.0 Å². The van der Waals surface area contributed by atoms with Gasteiger partial charge >= 0.3 is 0 Å². The summed E-state index contributed by atoms with van der Waals surface area (Å²) >= 11 is 0. The summed E-state index contributed by atoms with van der Waals surface area (Å²) in [7, 11) is 0. The molecule has 4 heteroatoms. The number of fused-ring (bicyclic) bond motifs is 1. The standard InChI is InChI=1S/C26H28N4/c1-19(2)14-15-27-26-24-16-22(12-13-25(24)29-18-30-26)21-10-8-20(9-11-21)17-28-23-6-4-3-5-7-23/h3-13,16,18-19,28H,14-15,17H2,1-2H3,(H,27,29,30). The summed E-state index contributed by atoms with van der Waals surface area (Å²) in [5, 5.41) is 8.00. The second-order valence-electron chi connectivity index (χ2n) is 7.98. The van der Waals surface area contributed by atoms with Crippen LogP contribution in [0.4, 0.5) is 11.5 Å². The van der Waals surface area contributed by atoms with Gasteiger partial charge in [-0.15, -0.1) is 0 Å². The summed E-state index contributed by atoms with van der Waals surface area (Å²) in [6.45, 7) is 6.19. The molecule has 0 bridgehead atoms. The third-order valence-corrected chi connectivity index (χ3v) is 5.21. The van der Waals surface area contributed by atoms with Gasteiger partial charge in [-0.25, -0.2) is 9.97 Å². The number of aromatic nitrogens is 2. The highest BCUT2D eigenvalue weighted by Crippen LogP contribution is 2.27. The van der Waals surface area contributed by atoms with E-state index in [0.29, 0.717) is 5.92 Å². The fourth-order valence-electron chi connectivity index (χ4n) is 3.43. The third kappa shape index (κ3) is 4.95. The van der Waals surface area contributed by atoms with Gasteiger partial charge in [-0.05, 0) is 53.3 Å². The molecule has 152 valence electrons. The molecule has 0 unspecified atom stereocenters. The number of hydrogen-bond donors (Lipinski definition) is 2. The summed E-state index contributed by atoms with van der Waals surface area (Å²) in [6, 6.07) is 25.4. The molecule has 3 aromatic carbocycles. The molecular weight excluding hydrogens is 368 g/mol. The highest BCUT2D eigenvalue weighted by Gasteiger charge is 2.07. The van der Waals surface area contributed by atoms with Gasteiger partial charge in [-0.2, -0.15) is 0 Å². The van der Waals surface area contributed by atoms with Crippen LogP contribution in [0.2, 0.25) is 0 Å². The van der Waals surface area contributed by atoms with E-state index in [9.17, 15) is 0 Å². The van der Waals surface area contributed by atoms with Crippen molar-refractivity contribution in [2.24, 2.45) is 5.92 Å². The smallest absolute Gasteiger partial charge is 0.137 e. The molecular formula is C26H28N4. The first-order valence-corrected chi connectivity index (χ1v) is 10.6. The molecule has 0 aliphatic rings. The fraction of sp³-hybridized carbons (Fsp3) is 0.231. The average Bonchev–Trinajstić information content (AvgIpc) is 2.78. The van der Waals surface area contributed by atoms with Crippen molar-refractivity contribution in [1.29, 1.82) is 0 Å². The average molecular weight is 397 g/mol. The molecule has 4 nitrogen and oxygen atoms in total. The molecule has 0 aliphatic heterocycles. The lowest BCUT2D eigenvalue weighted by atomic mass is 10.0. The molecule has 0 radical (unpaired) electrons. The van der Waals surface area contributed by atoms with E-state index in [-0.39, 0.29) is 0 Å². The van der Waals surface area contributed by atoms with Crippen LogP contribution < -0.4 is 10.6 Å². The predicted octanol–water partition coefficient (Wildman–Crippen LogP) is 6.37. The summed E-state index contributed by atoms with van der Waals surface area (Å²) in [5.74, 6) is 1.57. The molecule has 4 rings (SSSR count). The van der Waals surface area contributed by atoms with E-state index in [4.69, 9.17) is 0 Å². The molecule has 4 aromatic rings. The second kappa shape index (κ2) is 9.40. The van der Waals surface area contributed by atoms with E-state index in [0.717, 1.165) is 41.9 Å². The summed E-state index contributed by atoms with van der Waals surface area (Å²) < 4.78 is 0. The maximum absolute atomic E-state index is 4.48. The van der Waals surface area contributed by atoms with E-state index in [1.165, 1.54) is 16.7 Å². The Balaban J connectivity index is 1.51. The molecule has 1 heterocycles. The molecule has 0 spiro atoms. The van der Waals surface area contributed by atoms with Crippen LogP contribution in [0.3, 0.4) is 0 Å². The Morgan fingerprint density at radius 2 is 1.57 bits per heavy atom. The lowest BCUT2D eigenvalue weighted by molar-refractivity contribution is 0.607. The Bertz CT molecular complexity index is 1090. The zero-order valence-electron chi connectivity index (χ0n) is 17.6. The first-order chi connectivity index (χ1) is 14.7. The van der Waals surface area contributed by atoms with Crippen molar-refractivity contribution in [3.05, 3.63) is 84.7 Å². The zero-order valence-corrected chi connectivity index (χ0v) is 17.6. The summed E-state index contributed by atoms with van der Waals surface area (Å²) in [4.78, 5) is 8.90. The number of nitrogens with zero attached hydrogens (tertiary/aromatic N) is 2. The molecule has 0 saturated carbocycles. The van der Waals surface area contributed by atoms with Crippen molar-refractivity contribution in [2.75, 3.05) is 17.2 Å². The van der Waals surface area contributed by atoms with E-state index in [1.807, 2.05) is 18.2 Å². The van der Waals surface area contributed by atoms with Gasteiger partial charge in [0.1, 0.15) is 12.1 Å². The molecule has 2 N–H and O–H groups in total. The van der Waals surface area contributed by atoms with Crippen LogP contribution in [0.5, 0.6) is 0 Å². The molecule has 0 saturated heterocycles. The number of hydrogen-bond acceptors (Lipinski definition) is 4. The molecule has 1 aromatic heterocycles. The number of para-hydroxylation sites is 1. The van der Waals surface area contributed by atoms with Crippen molar-refractivity contribution in [2.45, 2.75) is 26.8 Å². The van der Waals surface area contributed by atoms with Crippen LogP contribution in [0, 0.1) is 5.92 Å². The largest absolute Gasteiger partial charge is 0.381 e. The topological polar surface area (TPSA) is 49.8 Å². The fourth-order valence-corrected chi connectivity index (χ4v) is 3.43. The maximum atomic E-state index is 4.48. The minimum Gasteiger partial charge on any atom is -0.381 e. The van der Waals surface area contributed by atoms with Gasteiger partial charge in [0.15, 0.2) is 0 Å². The Kier molecular flexibility index (Phi) is 6.23. The summed E-state index contributed by atoms with van der Waals surface area (Å²) in [5.41, 5.74) is 5.71. The monoisotopic (exact) mass is 396 g/mol. The Morgan fingerprint density at radius 1 is 0.800 bits per heavy atom. The van der Waals surface area contributed by atoms with Gasteiger partial charge < -0.3 is 10.6 Å². The first kappa shape index (κ1) is 19.9. The van der Waals surface area contributed by atoms with E-state index >= 15 is 0 Å². The Labute approximate surface area is 178 Å². The van der Waals surface area contributed by atoms with Crippen molar-refractivity contribution >= 4 is 22.4 Å². The minimum atomic E-state index is 0.663. The number of anilines is 2. The molecule has 30 heavy (non-hydrogen) atoms. The minimum absolute atomic E-state index is 0.663. The van der Waals surface area contributed by atoms with E-state index in [1.54, 1.807) is 6.33 Å². The van der Waals surface area contributed by atoms with Gasteiger partial charge in [0.25, 0.3) is 0 Å². The van der Waals surface area contributed by atoms with Gasteiger partial charge in [0.2, 0.25) is 0 Å². The molecule has 0 atom stereocenters. The molecule has 0 fully saturated rings. The van der Waals surface area contributed by atoms with Crippen molar-refractivity contribution < 1.29 is 0 Å². The van der Waals surface area contributed by atoms with Gasteiger partial charge in [0, 0.05) is 24.2 Å². The van der Waals surface area contributed by atoms with Crippen LogP contribution in [0.1, 0.15) is 25.8 Å². The maximum Gasteiger partial charge on any atom is 0.137 e. The first-order valence-electron chi connectivity index (χ1n) is 10.6. The summed E-state index contributed by atoms with van der Waals surface area (Å²) in [6.07, 6.45) is 2.75. The predicted molar refractivity (Wildman–Crippen MR) is 127 cm³/mol. The van der Waals surface area contributed by atoms with Gasteiger partial charge in [0.05, 0.1) is 5.52 Å². The highest BCUT2D eigenvalue weighted by atomic mass is 15.0. The van der Waals surface area contributed by atoms with E-state index < -0.39 is 0 Å².